The molecule has 1 aliphatic heterocycles. The SMILES string of the molecule is CCOC(=O)CC(=O)N1CCC(NC(=O)c2cc(OCc3ccccc3)c(OCc3ccccc3)c(OCc3ccccc3)c2)CC1. The number of carbonyl (C=O) groups excluding carboxylic acids is 3. The van der Waals surface area contributed by atoms with Crippen molar-refractivity contribution in [2.24, 2.45) is 0 Å². The van der Waals surface area contributed by atoms with Crippen LogP contribution in [0, 0.1) is 0 Å². The van der Waals surface area contributed by atoms with E-state index in [9.17, 15) is 14.4 Å². The molecule has 1 heterocycles. The van der Waals surface area contributed by atoms with Crippen LogP contribution in [0.25, 0.3) is 0 Å². The molecule has 47 heavy (non-hydrogen) atoms. The van der Waals surface area contributed by atoms with Gasteiger partial charge in [0.25, 0.3) is 5.91 Å². The number of benzene rings is 4. The second kappa shape index (κ2) is 16.8. The number of ether oxygens (including phenoxy) is 4. The summed E-state index contributed by atoms with van der Waals surface area (Å²) in [5, 5.41) is 3.11. The number of hydrogen-bond acceptors (Lipinski definition) is 7. The molecule has 1 aliphatic rings. The van der Waals surface area contributed by atoms with Gasteiger partial charge in [0.05, 0.1) is 6.61 Å². The third kappa shape index (κ3) is 9.84. The first kappa shape index (κ1) is 33.1. The highest BCUT2D eigenvalue weighted by Gasteiger charge is 2.27. The van der Waals surface area contributed by atoms with Crippen LogP contribution in [-0.2, 0) is 34.1 Å². The molecule has 0 spiro atoms. The number of nitrogens with one attached hydrogen (secondary N) is 1. The number of rotatable bonds is 14. The van der Waals surface area contributed by atoms with E-state index < -0.39 is 5.97 Å². The maximum absolute atomic E-state index is 13.7. The summed E-state index contributed by atoms with van der Waals surface area (Å²) in [4.78, 5) is 39.6. The molecule has 0 aliphatic carbocycles. The van der Waals surface area contributed by atoms with Crippen molar-refractivity contribution in [3.05, 3.63) is 125 Å². The number of amides is 2. The van der Waals surface area contributed by atoms with Crippen molar-refractivity contribution in [2.45, 2.75) is 52.0 Å². The Kier molecular flexibility index (Phi) is 11.8. The number of nitrogens with zero attached hydrogens (tertiary/aromatic N) is 1. The third-order valence-electron chi connectivity index (χ3n) is 7.77. The summed E-state index contributed by atoms with van der Waals surface area (Å²) < 4.78 is 23.9. The van der Waals surface area contributed by atoms with Gasteiger partial charge in [-0.2, -0.15) is 0 Å². The molecular formula is C38H40N2O7. The predicted molar refractivity (Wildman–Crippen MR) is 177 cm³/mol. The summed E-state index contributed by atoms with van der Waals surface area (Å²) in [5.41, 5.74) is 3.27. The third-order valence-corrected chi connectivity index (χ3v) is 7.77. The lowest BCUT2D eigenvalue weighted by atomic mass is 10.0. The minimum Gasteiger partial charge on any atom is -0.485 e. The minimum absolute atomic E-state index is 0.148. The monoisotopic (exact) mass is 636 g/mol. The van der Waals surface area contributed by atoms with Crippen LogP contribution < -0.4 is 19.5 Å². The number of hydrogen-bond donors (Lipinski definition) is 1. The Hall–Kier alpha value is -5.31. The van der Waals surface area contributed by atoms with Gasteiger partial charge < -0.3 is 29.2 Å². The standard InChI is InChI=1S/C38H40N2O7/c1-2-44-36(42)24-35(41)40-20-18-32(19-21-40)39-38(43)31-22-33(45-25-28-12-6-3-7-13-28)37(47-27-30-16-10-5-11-17-30)34(23-31)46-26-29-14-8-4-9-15-29/h3-17,22-23,32H,2,18-21,24-27H2,1H3,(H,39,43). The zero-order valence-electron chi connectivity index (χ0n) is 26.6. The van der Waals surface area contributed by atoms with Crippen LogP contribution in [0.1, 0.15) is 53.2 Å². The lowest BCUT2D eigenvalue weighted by molar-refractivity contribution is -0.149. The number of likely N-dealkylation sites (tertiary alicyclic amines) is 1. The average molecular weight is 637 g/mol. The molecule has 9 nitrogen and oxygen atoms in total. The highest BCUT2D eigenvalue weighted by Crippen LogP contribution is 2.40. The highest BCUT2D eigenvalue weighted by atomic mass is 16.5. The largest absolute Gasteiger partial charge is 0.485 e. The van der Waals surface area contributed by atoms with Crippen molar-refractivity contribution < 1.29 is 33.3 Å². The van der Waals surface area contributed by atoms with Gasteiger partial charge in [0, 0.05) is 24.7 Å². The van der Waals surface area contributed by atoms with Gasteiger partial charge in [0.15, 0.2) is 11.5 Å². The van der Waals surface area contributed by atoms with Crippen molar-refractivity contribution in [3.8, 4) is 17.2 Å². The molecule has 9 heteroatoms. The van der Waals surface area contributed by atoms with Gasteiger partial charge in [-0.25, -0.2) is 0 Å². The summed E-state index contributed by atoms with van der Waals surface area (Å²) >= 11 is 0. The van der Waals surface area contributed by atoms with Crippen LogP contribution in [0.3, 0.4) is 0 Å². The van der Waals surface area contributed by atoms with E-state index in [0.29, 0.717) is 48.7 Å². The molecule has 0 aromatic heterocycles. The van der Waals surface area contributed by atoms with Gasteiger partial charge in [0.1, 0.15) is 26.2 Å². The number of esters is 1. The molecule has 2 amide bonds. The van der Waals surface area contributed by atoms with Crippen LogP contribution >= 0.6 is 0 Å². The van der Waals surface area contributed by atoms with Gasteiger partial charge in [-0.3, -0.25) is 14.4 Å². The molecule has 0 unspecified atom stereocenters. The quantitative estimate of drug-likeness (QED) is 0.132. The molecule has 1 saturated heterocycles. The van der Waals surface area contributed by atoms with Gasteiger partial charge in [-0.1, -0.05) is 91.0 Å². The van der Waals surface area contributed by atoms with Crippen molar-refractivity contribution in [3.63, 3.8) is 0 Å². The maximum Gasteiger partial charge on any atom is 0.315 e. The van der Waals surface area contributed by atoms with E-state index in [1.807, 2.05) is 91.0 Å². The number of carbonyl (C=O) groups is 3. The summed E-state index contributed by atoms with van der Waals surface area (Å²) in [7, 11) is 0. The van der Waals surface area contributed by atoms with Gasteiger partial charge in [-0.15, -0.1) is 0 Å². The Labute approximate surface area is 275 Å². The van der Waals surface area contributed by atoms with Crippen LogP contribution in [0.15, 0.2) is 103 Å². The molecule has 0 bridgehead atoms. The Balaban J connectivity index is 1.35. The molecule has 1 N–H and O–H groups in total. The Morgan fingerprint density at radius 1 is 0.702 bits per heavy atom. The van der Waals surface area contributed by atoms with Crippen LogP contribution in [0.5, 0.6) is 17.2 Å². The summed E-state index contributed by atoms with van der Waals surface area (Å²) in [6, 6.07) is 32.6. The van der Waals surface area contributed by atoms with E-state index in [1.54, 1.807) is 24.0 Å². The van der Waals surface area contributed by atoms with Crippen LogP contribution in [0.2, 0.25) is 0 Å². The van der Waals surface area contributed by atoms with Crippen LogP contribution in [0.4, 0.5) is 0 Å². The Morgan fingerprint density at radius 3 is 1.64 bits per heavy atom. The molecule has 4 aromatic carbocycles. The first-order chi connectivity index (χ1) is 23.0. The highest BCUT2D eigenvalue weighted by molar-refractivity contribution is 5.96. The smallest absolute Gasteiger partial charge is 0.315 e. The van der Waals surface area contributed by atoms with E-state index in [4.69, 9.17) is 18.9 Å². The molecule has 0 saturated carbocycles. The van der Waals surface area contributed by atoms with E-state index >= 15 is 0 Å². The molecule has 5 rings (SSSR count). The molecule has 0 radical (unpaired) electrons. The molecular weight excluding hydrogens is 596 g/mol. The predicted octanol–water partition coefficient (Wildman–Crippen LogP) is 6.10. The van der Waals surface area contributed by atoms with Crippen molar-refractivity contribution in [1.29, 1.82) is 0 Å². The van der Waals surface area contributed by atoms with E-state index in [1.165, 1.54) is 0 Å². The fourth-order valence-electron chi connectivity index (χ4n) is 5.25. The average Bonchev–Trinajstić information content (AvgIpc) is 3.10. The normalized spacial score (nSPS) is 13.0. The fourth-order valence-corrected chi connectivity index (χ4v) is 5.25. The van der Waals surface area contributed by atoms with Gasteiger partial charge >= 0.3 is 5.97 Å². The lowest BCUT2D eigenvalue weighted by Crippen LogP contribution is -2.47. The zero-order valence-corrected chi connectivity index (χ0v) is 26.6. The molecule has 244 valence electrons. The topological polar surface area (TPSA) is 103 Å². The molecule has 4 aromatic rings. The van der Waals surface area contributed by atoms with E-state index in [-0.39, 0.29) is 50.7 Å². The second-order valence-corrected chi connectivity index (χ2v) is 11.2. The summed E-state index contributed by atoms with van der Waals surface area (Å²) in [5.74, 6) is 0.106. The van der Waals surface area contributed by atoms with Crippen molar-refractivity contribution in [2.75, 3.05) is 19.7 Å². The first-order valence-corrected chi connectivity index (χ1v) is 15.9. The van der Waals surface area contributed by atoms with Crippen LogP contribution in [-0.4, -0.2) is 48.4 Å². The first-order valence-electron chi connectivity index (χ1n) is 15.9. The van der Waals surface area contributed by atoms with Gasteiger partial charge in [-0.05, 0) is 48.6 Å². The molecule has 1 fully saturated rings. The van der Waals surface area contributed by atoms with Crippen molar-refractivity contribution in [1.82, 2.24) is 10.2 Å². The zero-order chi connectivity index (χ0) is 32.8. The summed E-state index contributed by atoms with van der Waals surface area (Å²) in [6.07, 6.45) is 0.849. The molecule has 0 atom stereocenters. The number of piperidine rings is 1. The lowest BCUT2D eigenvalue weighted by Gasteiger charge is -2.32. The Morgan fingerprint density at radius 2 is 1.17 bits per heavy atom. The summed E-state index contributed by atoms with van der Waals surface area (Å²) in [6.45, 7) is 3.63. The van der Waals surface area contributed by atoms with E-state index in [0.717, 1.165) is 16.7 Å². The fraction of sp³-hybridized carbons (Fsp3) is 0.289. The Bertz CT molecular complexity index is 1540. The van der Waals surface area contributed by atoms with Gasteiger partial charge in [0.2, 0.25) is 11.7 Å². The maximum atomic E-state index is 13.7. The van der Waals surface area contributed by atoms with Crippen molar-refractivity contribution >= 4 is 17.8 Å². The second-order valence-electron chi connectivity index (χ2n) is 11.2. The minimum atomic E-state index is -0.528. The van der Waals surface area contributed by atoms with E-state index in [2.05, 4.69) is 5.32 Å².